The van der Waals surface area contributed by atoms with Gasteiger partial charge in [0, 0.05) is 41.8 Å². The number of rotatable bonds is 6. The van der Waals surface area contributed by atoms with Crippen molar-refractivity contribution in [2.24, 2.45) is 0 Å². The number of benzene rings is 2. The van der Waals surface area contributed by atoms with Crippen molar-refractivity contribution in [2.45, 2.75) is 18.7 Å². The van der Waals surface area contributed by atoms with Crippen molar-refractivity contribution in [3.8, 4) is 0 Å². The van der Waals surface area contributed by atoms with Crippen LogP contribution in [0, 0.1) is 13.8 Å². The first kappa shape index (κ1) is 21.7. The molecule has 7 heteroatoms. The molecule has 0 spiro atoms. The summed E-state index contributed by atoms with van der Waals surface area (Å²) in [6.07, 6.45) is 0. The Bertz CT molecular complexity index is 865. The van der Waals surface area contributed by atoms with E-state index in [-0.39, 0.29) is 11.8 Å². The fraction of sp³-hybridized carbons (Fsp3) is 0.364. The van der Waals surface area contributed by atoms with Gasteiger partial charge in [-0.15, -0.1) is 11.8 Å². The van der Waals surface area contributed by atoms with E-state index in [2.05, 4.69) is 10.2 Å². The molecule has 0 aromatic heterocycles. The lowest BCUT2D eigenvalue weighted by molar-refractivity contribution is -0.130. The minimum Gasteiger partial charge on any atom is -0.339 e. The second-order valence-corrected chi connectivity index (χ2v) is 8.68. The van der Waals surface area contributed by atoms with Crippen LogP contribution in [-0.2, 0) is 9.59 Å². The highest BCUT2D eigenvalue weighted by atomic mass is 35.5. The molecule has 1 N–H and O–H groups in total. The molecule has 0 atom stereocenters. The number of piperazine rings is 1. The summed E-state index contributed by atoms with van der Waals surface area (Å²) in [5.74, 6) is 0.524. The fourth-order valence-corrected chi connectivity index (χ4v) is 4.13. The molecular weight excluding hydrogens is 406 g/mol. The second kappa shape index (κ2) is 10.1. The Balaban J connectivity index is 1.41. The zero-order valence-electron chi connectivity index (χ0n) is 16.8. The number of aryl methyl sites for hydroxylation is 1. The Hall–Kier alpha value is -2.02. The molecule has 0 aliphatic carbocycles. The Morgan fingerprint density at radius 1 is 1.03 bits per heavy atom. The van der Waals surface area contributed by atoms with E-state index in [0.717, 1.165) is 21.7 Å². The van der Waals surface area contributed by atoms with Gasteiger partial charge in [0.2, 0.25) is 11.8 Å². The van der Waals surface area contributed by atoms with Gasteiger partial charge >= 0.3 is 0 Å². The van der Waals surface area contributed by atoms with Gasteiger partial charge < -0.3 is 10.2 Å². The zero-order valence-corrected chi connectivity index (χ0v) is 18.4. The molecule has 1 fully saturated rings. The second-order valence-electron chi connectivity index (χ2n) is 7.20. The first-order chi connectivity index (χ1) is 13.9. The number of halogens is 1. The summed E-state index contributed by atoms with van der Waals surface area (Å²) < 4.78 is 0. The number of carbonyl (C=O) groups is 2. The van der Waals surface area contributed by atoms with Crippen LogP contribution in [0.4, 0.5) is 5.69 Å². The molecule has 0 saturated carbocycles. The van der Waals surface area contributed by atoms with Crippen molar-refractivity contribution in [1.29, 1.82) is 0 Å². The molecule has 0 bridgehead atoms. The Morgan fingerprint density at radius 2 is 1.72 bits per heavy atom. The first-order valence-electron chi connectivity index (χ1n) is 9.67. The standard InChI is InChI=1S/C22H26ClN3O2S/c1-16-4-3-5-20(17(16)2)24-21(27)14-25-10-12-26(13-11-25)22(28)15-29-19-8-6-18(23)7-9-19/h3-9H,10-15H2,1-2H3,(H,24,27). The van der Waals surface area contributed by atoms with Gasteiger partial charge in [-0.1, -0.05) is 23.7 Å². The van der Waals surface area contributed by atoms with Crippen LogP contribution in [-0.4, -0.2) is 60.1 Å². The van der Waals surface area contributed by atoms with E-state index in [0.29, 0.717) is 43.5 Å². The van der Waals surface area contributed by atoms with Gasteiger partial charge in [-0.25, -0.2) is 0 Å². The van der Waals surface area contributed by atoms with Gasteiger partial charge in [0.1, 0.15) is 0 Å². The van der Waals surface area contributed by atoms with Crippen molar-refractivity contribution in [2.75, 3.05) is 43.8 Å². The van der Waals surface area contributed by atoms with Crippen LogP contribution in [0.5, 0.6) is 0 Å². The van der Waals surface area contributed by atoms with Crippen LogP contribution >= 0.6 is 23.4 Å². The molecule has 0 unspecified atom stereocenters. The average Bonchev–Trinajstić information content (AvgIpc) is 2.71. The van der Waals surface area contributed by atoms with Gasteiger partial charge in [-0.05, 0) is 55.3 Å². The van der Waals surface area contributed by atoms with Gasteiger partial charge in [-0.3, -0.25) is 14.5 Å². The Labute approximate surface area is 181 Å². The fourth-order valence-electron chi connectivity index (χ4n) is 3.20. The molecule has 29 heavy (non-hydrogen) atoms. The lowest BCUT2D eigenvalue weighted by Crippen LogP contribution is -2.50. The largest absolute Gasteiger partial charge is 0.339 e. The maximum absolute atomic E-state index is 12.5. The van der Waals surface area contributed by atoms with Crippen LogP contribution < -0.4 is 5.32 Å². The Morgan fingerprint density at radius 3 is 2.41 bits per heavy atom. The van der Waals surface area contributed by atoms with Crippen molar-refractivity contribution in [3.05, 3.63) is 58.6 Å². The summed E-state index contributed by atoms with van der Waals surface area (Å²) in [5.41, 5.74) is 3.11. The molecule has 3 rings (SSSR count). The molecule has 1 saturated heterocycles. The van der Waals surface area contributed by atoms with Gasteiger partial charge in [0.05, 0.1) is 12.3 Å². The van der Waals surface area contributed by atoms with Crippen molar-refractivity contribution >= 4 is 40.9 Å². The third kappa shape index (κ3) is 6.23. The molecule has 2 amide bonds. The summed E-state index contributed by atoms with van der Waals surface area (Å²) in [6.45, 7) is 7.10. The maximum atomic E-state index is 12.5. The molecule has 1 aliphatic rings. The highest BCUT2D eigenvalue weighted by molar-refractivity contribution is 8.00. The number of carbonyl (C=O) groups excluding carboxylic acids is 2. The van der Waals surface area contributed by atoms with E-state index in [4.69, 9.17) is 11.6 Å². The van der Waals surface area contributed by atoms with Crippen molar-refractivity contribution in [1.82, 2.24) is 9.80 Å². The van der Waals surface area contributed by atoms with Crippen LogP contribution in [0.3, 0.4) is 0 Å². The first-order valence-corrected chi connectivity index (χ1v) is 11.0. The zero-order chi connectivity index (χ0) is 20.8. The molecule has 1 aliphatic heterocycles. The molecule has 5 nitrogen and oxygen atoms in total. The Kier molecular flexibility index (Phi) is 7.58. The number of thioether (sulfide) groups is 1. The number of hydrogen-bond acceptors (Lipinski definition) is 4. The van der Waals surface area contributed by atoms with Crippen LogP contribution in [0.25, 0.3) is 0 Å². The number of amides is 2. The normalized spacial score (nSPS) is 14.7. The summed E-state index contributed by atoms with van der Waals surface area (Å²) >= 11 is 7.41. The predicted octanol–water partition coefficient (Wildman–Crippen LogP) is 3.83. The number of nitrogens with one attached hydrogen (secondary N) is 1. The van der Waals surface area contributed by atoms with Gasteiger partial charge in [0.15, 0.2) is 0 Å². The van der Waals surface area contributed by atoms with Crippen LogP contribution in [0.15, 0.2) is 47.4 Å². The molecule has 2 aromatic carbocycles. The number of hydrogen-bond donors (Lipinski definition) is 1. The van der Waals surface area contributed by atoms with E-state index in [1.165, 1.54) is 11.8 Å². The molecular formula is C22H26ClN3O2S. The SMILES string of the molecule is Cc1cccc(NC(=O)CN2CCN(C(=O)CSc3ccc(Cl)cc3)CC2)c1C. The lowest BCUT2D eigenvalue weighted by atomic mass is 10.1. The quantitative estimate of drug-likeness (QED) is 0.706. The summed E-state index contributed by atoms with van der Waals surface area (Å²) in [7, 11) is 0. The third-order valence-electron chi connectivity index (χ3n) is 5.15. The summed E-state index contributed by atoms with van der Waals surface area (Å²) in [6, 6.07) is 13.4. The van der Waals surface area contributed by atoms with E-state index in [9.17, 15) is 9.59 Å². The van der Waals surface area contributed by atoms with E-state index in [1.54, 1.807) is 0 Å². The van der Waals surface area contributed by atoms with E-state index in [1.807, 2.05) is 61.2 Å². The molecule has 0 radical (unpaired) electrons. The molecule has 2 aromatic rings. The minimum absolute atomic E-state index is 0.0169. The topological polar surface area (TPSA) is 52.7 Å². The third-order valence-corrected chi connectivity index (χ3v) is 6.40. The predicted molar refractivity (Wildman–Crippen MR) is 120 cm³/mol. The maximum Gasteiger partial charge on any atom is 0.238 e. The van der Waals surface area contributed by atoms with Gasteiger partial charge in [-0.2, -0.15) is 0 Å². The van der Waals surface area contributed by atoms with Crippen LogP contribution in [0.2, 0.25) is 5.02 Å². The number of nitrogens with zero attached hydrogens (tertiary/aromatic N) is 2. The summed E-state index contributed by atoms with van der Waals surface area (Å²) in [5, 5.41) is 3.69. The minimum atomic E-state index is -0.0169. The highest BCUT2D eigenvalue weighted by Crippen LogP contribution is 2.21. The lowest BCUT2D eigenvalue weighted by Gasteiger charge is -2.34. The highest BCUT2D eigenvalue weighted by Gasteiger charge is 2.22. The molecule has 1 heterocycles. The van der Waals surface area contributed by atoms with E-state index < -0.39 is 0 Å². The summed E-state index contributed by atoms with van der Waals surface area (Å²) in [4.78, 5) is 29.9. The average molecular weight is 432 g/mol. The molecule has 154 valence electrons. The van der Waals surface area contributed by atoms with Gasteiger partial charge in [0.25, 0.3) is 0 Å². The van der Waals surface area contributed by atoms with Crippen LogP contribution in [0.1, 0.15) is 11.1 Å². The smallest absolute Gasteiger partial charge is 0.238 e. The monoisotopic (exact) mass is 431 g/mol. The van der Waals surface area contributed by atoms with Crippen molar-refractivity contribution in [3.63, 3.8) is 0 Å². The number of anilines is 1. The van der Waals surface area contributed by atoms with E-state index >= 15 is 0 Å². The van der Waals surface area contributed by atoms with Crippen molar-refractivity contribution < 1.29 is 9.59 Å².